The molecule has 0 bridgehead atoms. The van der Waals surface area contributed by atoms with E-state index in [2.05, 4.69) is 45.6 Å². The third-order valence-corrected chi connectivity index (χ3v) is 3.61. The van der Waals surface area contributed by atoms with Crippen molar-refractivity contribution in [2.45, 2.75) is 6.92 Å². The first-order valence-corrected chi connectivity index (χ1v) is 7.07. The lowest BCUT2D eigenvalue weighted by molar-refractivity contribution is 1.13. The maximum Gasteiger partial charge on any atom is 0.116 e. The lowest BCUT2D eigenvalue weighted by Crippen LogP contribution is -2.07. The fraction of sp³-hybridized carbons (Fsp3) is 0.188. The molecular formula is C16H18N2S. The van der Waals surface area contributed by atoms with Crippen molar-refractivity contribution in [1.82, 2.24) is 4.98 Å². The normalized spacial score (nSPS) is 11.5. The highest BCUT2D eigenvalue weighted by atomic mass is 32.1. The third-order valence-electron chi connectivity index (χ3n) is 2.68. The zero-order valence-corrected chi connectivity index (χ0v) is 12.3. The van der Waals surface area contributed by atoms with Gasteiger partial charge in [-0.1, -0.05) is 30.4 Å². The second-order valence-electron chi connectivity index (χ2n) is 4.53. The second-order valence-corrected chi connectivity index (χ2v) is 5.42. The molecule has 0 saturated heterocycles. The summed E-state index contributed by atoms with van der Waals surface area (Å²) in [6.45, 7) is 2.01. The molecule has 0 aliphatic heterocycles. The van der Waals surface area contributed by atoms with Gasteiger partial charge in [0.25, 0.3) is 0 Å². The summed E-state index contributed by atoms with van der Waals surface area (Å²) in [5.41, 5.74) is 3.49. The molecular weight excluding hydrogens is 252 g/mol. The Kier molecular flexibility index (Phi) is 4.53. The maximum absolute atomic E-state index is 4.38. The molecule has 0 fully saturated rings. The zero-order chi connectivity index (χ0) is 13.7. The van der Waals surface area contributed by atoms with Gasteiger partial charge >= 0.3 is 0 Å². The quantitative estimate of drug-likeness (QED) is 0.772. The van der Waals surface area contributed by atoms with E-state index in [4.69, 9.17) is 0 Å². The minimum atomic E-state index is 1.05. The van der Waals surface area contributed by atoms with Crippen LogP contribution in [0.25, 0.3) is 12.2 Å². The van der Waals surface area contributed by atoms with Crippen LogP contribution in [0.15, 0.2) is 41.8 Å². The lowest BCUT2D eigenvalue weighted by atomic mass is 10.2. The molecule has 1 aromatic carbocycles. The molecule has 0 saturated carbocycles. The van der Waals surface area contributed by atoms with Crippen LogP contribution in [0.2, 0.25) is 0 Å². The molecule has 19 heavy (non-hydrogen) atoms. The van der Waals surface area contributed by atoms with Gasteiger partial charge in [0, 0.05) is 30.9 Å². The van der Waals surface area contributed by atoms with E-state index in [0.717, 1.165) is 10.7 Å². The second kappa shape index (κ2) is 6.34. The van der Waals surface area contributed by atoms with E-state index in [1.165, 1.54) is 11.3 Å². The SMILES string of the molecule is Cc1csc(/C=C/C=C/c2ccc(N(C)C)cc2)n1. The number of anilines is 1. The van der Waals surface area contributed by atoms with Crippen LogP contribution in [0, 0.1) is 6.92 Å². The fourth-order valence-electron chi connectivity index (χ4n) is 1.64. The molecule has 2 rings (SSSR count). The highest BCUT2D eigenvalue weighted by Crippen LogP contribution is 2.14. The number of nitrogens with zero attached hydrogens (tertiary/aromatic N) is 2. The van der Waals surface area contributed by atoms with E-state index in [0.29, 0.717) is 0 Å². The summed E-state index contributed by atoms with van der Waals surface area (Å²) in [5.74, 6) is 0. The molecule has 0 N–H and O–H groups in total. The topological polar surface area (TPSA) is 16.1 Å². The van der Waals surface area contributed by atoms with Gasteiger partial charge in [-0.2, -0.15) is 0 Å². The number of hydrogen-bond donors (Lipinski definition) is 0. The smallest absolute Gasteiger partial charge is 0.116 e. The summed E-state index contributed by atoms with van der Waals surface area (Å²) in [7, 11) is 4.09. The number of aryl methyl sites for hydroxylation is 1. The van der Waals surface area contributed by atoms with Crippen LogP contribution >= 0.6 is 11.3 Å². The summed E-state index contributed by atoms with van der Waals surface area (Å²) >= 11 is 1.66. The van der Waals surface area contributed by atoms with Gasteiger partial charge in [0.05, 0.1) is 0 Å². The highest BCUT2D eigenvalue weighted by Gasteiger charge is 1.93. The fourth-order valence-corrected chi connectivity index (χ4v) is 2.33. The van der Waals surface area contributed by atoms with Crippen LogP contribution in [-0.2, 0) is 0 Å². The highest BCUT2D eigenvalue weighted by molar-refractivity contribution is 7.10. The van der Waals surface area contributed by atoms with Gasteiger partial charge in [0.2, 0.25) is 0 Å². The Hall–Kier alpha value is -1.87. The molecule has 98 valence electrons. The lowest BCUT2D eigenvalue weighted by Gasteiger charge is -2.11. The number of thiazole rings is 1. The Labute approximate surface area is 118 Å². The summed E-state index contributed by atoms with van der Waals surface area (Å²) in [6.07, 6.45) is 8.19. The Bertz CT molecular complexity index is 577. The maximum atomic E-state index is 4.38. The number of rotatable bonds is 4. The molecule has 0 aliphatic rings. The predicted molar refractivity (Wildman–Crippen MR) is 85.7 cm³/mol. The molecule has 0 amide bonds. The molecule has 0 spiro atoms. The Balaban J connectivity index is 1.97. The van der Waals surface area contributed by atoms with Crippen molar-refractivity contribution in [2.24, 2.45) is 0 Å². The average molecular weight is 270 g/mol. The molecule has 1 aromatic heterocycles. The van der Waals surface area contributed by atoms with Gasteiger partial charge in [-0.25, -0.2) is 4.98 Å². The van der Waals surface area contributed by atoms with Crippen molar-refractivity contribution >= 4 is 29.2 Å². The van der Waals surface area contributed by atoms with Crippen molar-refractivity contribution in [1.29, 1.82) is 0 Å². The zero-order valence-electron chi connectivity index (χ0n) is 11.5. The molecule has 2 aromatic rings. The molecule has 1 heterocycles. The van der Waals surface area contributed by atoms with Crippen molar-refractivity contribution in [2.75, 3.05) is 19.0 Å². The van der Waals surface area contributed by atoms with Gasteiger partial charge < -0.3 is 4.90 Å². The van der Waals surface area contributed by atoms with Crippen LogP contribution in [0.1, 0.15) is 16.3 Å². The minimum Gasteiger partial charge on any atom is -0.378 e. The Morgan fingerprint density at radius 1 is 1.05 bits per heavy atom. The predicted octanol–water partition coefficient (Wildman–Crippen LogP) is 4.24. The van der Waals surface area contributed by atoms with Crippen molar-refractivity contribution in [3.8, 4) is 0 Å². The molecule has 2 nitrogen and oxygen atoms in total. The van der Waals surface area contributed by atoms with Crippen molar-refractivity contribution in [3.63, 3.8) is 0 Å². The van der Waals surface area contributed by atoms with Crippen LogP contribution in [0.3, 0.4) is 0 Å². The first kappa shape index (κ1) is 13.6. The van der Waals surface area contributed by atoms with Gasteiger partial charge in [-0.3, -0.25) is 0 Å². The summed E-state index contributed by atoms with van der Waals surface area (Å²) < 4.78 is 0. The number of hydrogen-bond acceptors (Lipinski definition) is 3. The molecule has 3 heteroatoms. The standard InChI is InChI=1S/C16H18N2S/c1-13-12-19-16(17-13)7-5-4-6-14-8-10-15(11-9-14)18(2)3/h4-12H,1-3H3/b6-4+,7-5+. The van der Waals surface area contributed by atoms with E-state index in [-0.39, 0.29) is 0 Å². The van der Waals surface area contributed by atoms with E-state index in [1.54, 1.807) is 11.3 Å². The summed E-state index contributed by atoms with van der Waals surface area (Å²) in [5, 5.41) is 3.11. The van der Waals surface area contributed by atoms with Crippen LogP contribution in [-0.4, -0.2) is 19.1 Å². The largest absolute Gasteiger partial charge is 0.378 e. The third kappa shape index (κ3) is 4.07. The van der Waals surface area contributed by atoms with E-state index in [9.17, 15) is 0 Å². The Morgan fingerprint density at radius 2 is 1.74 bits per heavy atom. The molecule has 0 aliphatic carbocycles. The van der Waals surface area contributed by atoms with Gasteiger partial charge in [-0.05, 0) is 30.7 Å². The molecule has 0 atom stereocenters. The molecule has 0 radical (unpaired) electrons. The van der Waals surface area contributed by atoms with E-state index >= 15 is 0 Å². The average Bonchev–Trinajstić information content (AvgIpc) is 2.81. The Morgan fingerprint density at radius 3 is 2.32 bits per heavy atom. The first-order chi connectivity index (χ1) is 9.15. The van der Waals surface area contributed by atoms with Gasteiger partial charge in [0.1, 0.15) is 5.01 Å². The van der Waals surface area contributed by atoms with Gasteiger partial charge in [0.15, 0.2) is 0 Å². The number of benzene rings is 1. The van der Waals surface area contributed by atoms with Crippen LogP contribution in [0.4, 0.5) is 5.69 Å². The summed E-state index contributed by atoms with van der Waals surface area (Å²) in [6, 6.07) is 8.47. The summed E-state index contributed by atoms with van der Waals surface area (Å²) in [4.78, 5) is 6.47. The van der Waals surface area contributed by atoms with E-state index < -0.39 is 0 Å². The van der Waals surface area contributed by atoms with Crippen LogP contribution in [0.5, 0.6) is 0 Å². The van der Waals surface area contributed by atoms with Crippen LogP contribution < -0.4 is 4.90 Å². The first-order valence-electron chi connectivity index (χ1n) is 6.19. The van der Waals surface area contributed by atoms with Gasteiger partial charge in [-0.15, -0.1) is 11.3 Å². The number of aromatic nitrogens is 1. The monoisotopic (exact) mass is 270 g/mol. The van der Waals surface area contributed by atoms with Crippen molar-refractivity contribution in [3.05, 3.63) is 58.1 Å². The van der Waals surface area contributed by atoms with Crippen molar-refractivity contribution < 1.29 is 0 Å². The van der Waals surface area contributed by atoms with E-state index in [1.807, 2.05) is 39.2 Å². The molecule has 0 unspecified atom stereocenters. The minimum absolute atomic E-state index is 1.05. The number of allylic oxidation sites excluding steroid dienone is 2.